The Hall–Kier alpha value is -3.33. The Morgan fingerprint density at radius 1 is 1.08 bits per heavy atom. The molecule has 3 heterocycles. The van der Waals surface area contributed by atoms with Crippen molar-refractivity contribution in [2.45, 2.75) is 93.0 Å². The van der Waals surface area contributed by atoms with Gasteiger partial charge in [-0.25, -0.2) is 4.79 Å². The number of H-pyrrole nitrogens is 1. The van der Waals surface area contributed by atoms with Crippen LogP contribution in [0.15, 0.2) is 24.3 Å². The Kier molecular flexibility index (Phi) is 8.12. The summed E-state index contributed by atoms with van der Waals surface area (Å²) in [5, 5.41) is 14.6. The summed E-state index contributed by atoms with van der Waals surface area (Å²) < 4.78 is 12.2. The van der Waals surface area contributed by atoms with Crippen molar-refractivity contribution in [1.29, 1.82) is 0 Å². The van der Waals surface area contributed by atoms with Gasteiger partial charge in [-0.05, 0) is 83.6 Å². The van der Waals surface area contributed by atoms with E-state index >= 15 is 0 Å². The lowest BCUT2D eigenvalue weighted by Crippen LogP contribution is -2.39. The summed E-state index contributed by atoms with van der Waals surface area (Å²) in [5.41, 5.74) is 5.85. The average Bonchev–Trinajstić information content (AvgIpc) is 3.37. The first kappa shape index (κ1) is 28.7. The number of benzene rings is 1. The highest BCUT2D eigenvalue weighted by Gasteiger charge is 2.37. The molecule has 9 heteroatoms. The number of tetrazole rings is 1. The fourth-order valence-electron chi connectivity index (χ4n) is 5.14. The van der Waals surface area contributed by atoms with E-state index in [0.29, 0.717) is 5.82 Å². The van der Waals surface area contributed by atoms with Crippen LogP contribution in [0.5, 0.6) is 0 Å². The number of piperidine rings is 1. The van der Waals surface area contributed by atoms with Crippen LogP contribution < -0.4 is 4.90 Å². The molecule has 0 amide bonds. The van der Waals surface area contributed by atoms with Gasteiger partial charge in [-0.3, -0.25) is 4.98 Å². The Bertz CT molecular complexity index is 1300. The van der Waals surface area contributed by atoms with E-state index in [9.17, 15) is 4.79 Å². The number of aryl methyl sites for hydroxylation is 2. The second-order valence-electron chi connectivity index (χ2n) is 12.5. The molecule has 1 saturated heterocycles. The molecule has 2 aromatic heterocycles. The van der Waals surface area contributed by atoms with Crippen LogP contribution in [0.3, 0.4) is 0 Å². The number of esters is 1. The molecular weight excluding hydrogens is 492 g/mol. The van der Waals surface area contributed by atoms with Crippen molar-refractivity contribution in [3.05, 3.63) is 41.2 Å². The molecule has 0 radical (unpaired) electrons. The minimum absolute atomic E-state index is 0.254. The van der Waals surface area contributed by atoms with E-state index in [2.05, 4.69) is 51.5 Å². The van der Waals surface area contributed by atoms with E-state index in [1.165, 1.54) is 0 Å². The van der Waals surface area contributed by atoms with Gasteiger partial charge in [0.1, 0.15) is 0 Å². The summed E-state index contributed by atoms with van der Waals surface area (Å²) in [6.07, 6.45) is 0.879. The number of carbonyl (C=O) groups excluding carboxylic acids is 1. The lowest BCUT2D eigenvalue weighted by molar-refractivity contribution is -0.171. The highest BCUT2D eigenvalue weighted by Crippen LogP contribution is 2.45. The number of carbonyl (C=O) groups is 1. The third-order valence-electron chi connectivity index (χ3n) is 7.07. The summed E-state index contributed by atoms with van der Waals surface area (Å²) in [6.45, 7) is 19.9. The number of ether oxygens (including phenoxy) is 2. The molecule has 210 valence electrons. The average molecular weight is 535 g/mol. The lowest BCUT2D eigenvalue weighted by Gasteiger charge is -2.41. The van der Waals surface area contributed by atoms with Crippen LogP contribution in [0.2, 0.25) is 0 Å². The molecule has 1 unspecified atom stereocenters. The summed E-state index contributed by atoms with van der Waals surface area (Å²) >= 11 is 0. The normalized spacial score (nSPS) is 16.4. The highest BCUT2D eigenvalue weighted by atomic mass is 16.6. The van der Waals surface area contributed by atoms with Crippen molar-refractivity contribution < 1.29 is 14.3 Å². The van der Waals surface area contributed by atoms with E-state index in [0.717, 1.165) is 65.3 Å². The second kappa shape index (κ2) is 11.0. The van der Waals surface area contributed by atoms with Gasteiger partial charge in [0, 0.05) is 41.2 Å². The van der Waals surface area contributed by atoms with Crippen molar-refractivity contribution >= 4 is 11.7 Å². The Morgan fingerprint density at radius 2 is 1.74 bits per heavy atom. The van der Waals surface area contributed by atoms with Crippen LogP contribution in [-0.4, -0.2) is 56.4 Å². The number of aromatic amines is 1. The predicted octanol–water partition coefficient (Wildman–Crippen LogP) is 5.98. The van der Waals surface area contributed by atoms with Gasteiger partial charge in [0.2, 0.25) is 5.82 Å². The molecule has 3 aromatic rings. The first-order chi connectivity index (χ1) is 18.3. The number of rotatable bonds is 7. The van der Waals surface area contributed by atoms with E-state index in [1.54, 1.807) is 0 Å². The van der Waals surface area contributed by atoms with Crippen LogP contribution in [0, 0.1) is 19.3 Å². The molecule has 0 aliphatic carbocycles. The molecule has 39 heavy (non-hydrogen) atoms. The van der Waals surface area contributed by atoms with Gasteiger partial charge in [-0.15, -0.1) is 10.2 Å². The first-order valence-electron chi connectivity index (χ1n) is 13.7. The van der Waals surface area contributed by atoms with E-state index in [1.807, 2.05) is 60.6 Å². The van der Waals surface area contributed by atoms with Gasteiger partial charge in [0.25, 0.3) is 0 Å². The summed E-state index contributed by atoms with van der Waals surface area (Å²) in [6, 6.07) is 8.06. The minimum atomic E-state index is -0.926. The highest BCUT2D eigenvalue weighted by molar-refractivity contribution is 5.89. The second-order valence-corrected chi connectivity index (χ2v) is 12.5. The Morgan fingerprint density at radius 3 is 2.33 bits per heavy atom. The maximum Gasteiger partial charge on any atom is 0.340 e. The van der Waals surface area contributed by atoms with Gasteiger partial charge in [0.05, 0.1) is 17.4 Å². The molecule has 1 aromatic carbocycles. The predicted molar refractivity (Wildman–Crippen MR) is 152 cm³/mol. The number of hydrogen-bond acceptors (Lipinski definition) is 8. The maximum absolute atomic E-state index is 13.6. The van der Waals surface area contributed by atoms with Crippen LogP contribution in [0.25, 0.3) is 22.5 Å². The monoisotopic (exact) mass is 534 g/mol. The first-order valence-corrected chi connectivity index (χ1v) is 13.7. The van der Waals surface area contributed by atoms with Gasteiger partial charge in [-0.1, -0.05) is 32.0 Å². The van der Waals surface area contributed by atoms with Gasteiger partial charge < -0.3 is 14.4 Å². The zero-order valence-electron chi connectivity index (χ0n) is 24.8. The number of hydrogen-bond donors (Lipinski definition) is 1. The number of aromatic nitrogens is 5. The molecular formula is C30H42N6O3. The van der Waals surface area contributed by atoms with E-state index < -0.39 is 17.7 Å². The standard InChI is InChI=1S/C30H42N6O3/c1-18(2)38-28(37)26(39-29(5,6)7)24-20(4)31-19(3)23(25(24)36-15-13-30(8,9)14-16-36)21-11-10-12-22(17-21)27-32-34-35-33-27/h10-12,17-18,26H,13-16H2,1-9H3,(H,32,33,34,35). The van der Waals surface area contributed by atoms with Crippen molar-refractivity contribution in [2.24, 2.45) is 5.41 Å². The van der Waals surface area contributed by atoms with Crippen LogP contribution in [0.4, 0.5) is 5.69 Å². The molecule has 4 rings (SSSR count). The molecule has 1 aliphatic rings. The topological polar surface area (TPSA) is 106 Å². The number of pyridine rings is 1. The Labute approximate surface area is 231 Å². The molecule has 1 fully saturated rings. The fraction of sp³-hybridized carbons (Fsp3) is 0.567. The molecule has 1 N–H and O–H groups in total. The number of nitrogens with zero attached hydrogens (tertiary/aromatic N) is 5. The van der Waals surface area contributed by atoms with Crippen molar-refractivity contribution in [3.63, 3.8) is 0 Å². The van der Waals surface area contributed by atoms with Crippen LogP contribution in [0.1, 0.15) is 84.4 Å². The van der Waals surface area contributed by atoms with E-state index in [-0.39, 0.29) is 11.5 Å². The van der Waals surface area contributed by atoms with Crippen molar-refractivity contribution in [3.8, 4) is 22.5 Å². The van der Waals surface area contributed by atoms with Gasteiger partial charge in [0.15, 0.2) is 6.10 Å². The third-order valence-corrected chi connectivity index (χ3v) is 7.07. The van der Waals surface area contributed by atoms with Crippen molar-refractivity contribution in [2.75, 3.05) is 18.0 Å². The molecule has 0 saturated carbocycles. The van der Waals surface area contributed by atoms with Crippen molar-refractivity contribution in [1.82, 2.24) is 25.6 Å². The molecule has 1 atom stereocenters. The summed E-state index contributed by atoms with van der Waals surface area (Å²) in [5.74, 6) is 0.115. The quantitative estimate of drug-likeness (QED) is 0.369. The third kappa shape index (κ3) is 6.64. The molecule has 1 aliphatic heterocycles. The number of anilines is 1. The van der Waals surface area contributed by atoms with Crippen LogP contribution in [-0.2, 0) is 14.3 Å². The largest absolute Gasteiger partial charge is 0.461 e. The zero-order valence-corrected chi connectivity index (χ0v) is 24.8. The maximum atomic E-state index is 13.6. The minimum Gasteiger partial charge on any atom is -0.461 e. The summed E-state index contributed by atoms with van der Waals surface area (Å²) in [7, 11) is 0. The Balaban J connectivity index is 1.98. The van der Waals surface area contributed by atoms with E-state index in [4.69, 9.17) is 14.5 Å². The molecule has 9 nitrogen and oxygen atoms in total. The SMILES string of the molecule is Cc1nc(C)c(C(OC(C)(C)C)C(=O)OC(C)C)c(N2CCC(C)(C)CC2)c1-c1cccc(-c2nn[nH]n2)c1. The molecule has 0 bridgehead atoms. The lowest BCUT2D eigenvalue weighted by atomic mass is 9.81. The zero-order chi connectivity index (χ0) is 28.5. The smallest absolute Gasteiger partial charge is 0.340 e. The van der Waals surface area contributed by atoms with Gasteiger partial charge in [-0.2, -0.15) is 5.21 Å². The summed E-state index contributed by atoms with van der Waals surface area (Å²) in [4.78, 5) is 21.0. The van der Waals surface area contributed by atoms with Crippen LogP contribution >= 0.6 is 0 Å². The number of nitrogens with one attached hydrogen (secondary N) is 1. The fourth-order valence-corrected chi connectivity index (χ4v) is 5.14. The van der Waals surface area contributed by atoms with Gasteiger partial charge >= 0.3 is 5.97 Å². The molecule has 0 spiro atoms.